The van der Waals surface area contributed by atoms with E-state index in [1.54, 1.807) is 13.1 Å². The monoisotopic (exact) mass is 323 g/mol. The molecule has 0 spiro atoms. The highest BCUT2D eigenvalue weighted by atomic mass is 16.2. The second kappa shape index (κ2) is 5.59. The topological polar surface area (TPSA) is 92.7 Å². The lowest BCUT2D eigenvalue weighted by molar-refractivity contribution is 0.0930. The van der Waals surface area contributed by atoms with Gasteiger partial charge in [0.05, 0.1) is 11.2 Å². The van der Waals surface area contributed by atoms with Gasteiger partial charge in [-0.05, 0) is 30.9 Å². The molecule has 24 heavy (non-hydrogen) atoms. The maximum atomic E-state index is 12.5. The molecule has 3 aromatic rings. The first-order valence-corrected chi connectivity index (χ1v) is 7.92. The Labute approximate surface area is 137 Å². The van der Waals surface area contributed by atoms with Crippen molar-refractivity contribution in [2.75, 3.05) is 0 Å². The number of hydrogen-bond acceptors (Lipinski definition) is 4. The highest BCUT2D eigenvalue weighted by molar-refractivity contribution is 6.04. The molecule has 2 heterocycles. The van der Waals surface area contributed by atoms with Crippen LogP contribution in [0.1, 0.15) is 28.2 Å². The van der Waals surface area contributed by atoms with Gasteiger partial charge in [0.25, 0.3) is 11.5 Å². The summed E-state index contributed by atoms with van der Waals surface area (Å²) < 4.78 is 1.35. The van der Waals surface area contributed by atoms with Gasteiger partial charge in [-0.2, -0.15) is 10.2 Å². The van der Waals surface area contributed by atoms with Crippen LogP contribution in [0.3, 0.4) is 0 Å². The van der Waals surface area contributed by atoms with E-state index in [9.17, 15) is 9.59 Å². The zero-order chi connectivity index (χ0) is 16.7. The molecule has 0 saturated heterocycles. The number of rotatable bonds is 2. The van der Waals surface area contributed by atoms with Gasteiger partial charge in [0.1, 0.15) is 0 Å². The molecular weight excluding hydrogens is 306 g/mol. The predicted molar refractivity (Wildman–Crippen MR) is 88.9 cm³/mol. The summed E-state index contributed by atoms with van der Waals surface area (Å²) in [4.78, 5) is 24.3. The Morgan fingerprint density at radius 3 is 3.08 bits per heavy atom. The van der Waals surface area contributed by atoms with Gasteiger partial charge < -0.3 is 5.32 Å². The second-order valence-corrected chi connectivity index (χ2v) is 6.11. The molecule has 0 fully saturated rings. The molecule has 1 aromatic carbocycles. The summed E-state index contributed by atoms with van der Waals surface area (Å²) in [6, 6.07) is 9.13. The van der Waals surface area contributed by atoms with Crippen LogP contribution in [-0.4, -0.2) is 31.9 Å². The van der Waals surface area contributed by atoms with Crippen molar-refractivity contribution in [3.63, 3.8) is 0 Å². The highest BCUT2D eigenvalue weighted by Gasteiger charge is 2.24. The van der Waals surface area contributed by atoms with E-state index in [2.05, 4.69) is 20.6 Å². The van der Waals surface area contributed by atoms with Crippen LogP contribution in [0.25, 0.3) is 10.9 Å². The van der Waals surface area contributed by atoms with Gasteiger partial charge in [-0.3, -0.25) is 14.7 Å². The number of nitrogens with zero attached hydrogens (tertiary/aromatic N) is 3. The third kappa shape index (κ3) is 2.47. The van der Waals surface area contributed by atoms with E-state index in [-0.39, 0.29) is 17.5 Å². The maximum absolute atomic E-state index is 12.5. The van der Waals surface area contributed by atoms with Crippen LogP contribution in [0, 0.1) is 0 Å². The summed E-state index contributed by atoms with van der Waals surface area (Å²) in [5, 5.41) is 15.1. The number of hydrogen-bond donors (Lipinski definition) is 2. The third-order valence-electron chi connectivity index (χ3n) is 4.47. The smallest absolute Gasteiger partial charge is 0.272 e. The molecule has 0 saturated carbocycles. The van der Waals surface area contributed by atoms with Crippen molar-refractivity contribution in [2.24, 2.45) is 7.05 Å². The summed E-state index contributed by atoms with van der Waals surface area (Å²) in [6.07, 6.45) is 2.16. The van der Waals surface area contributed by atoms with Crippen LogP contribution in [0.15, 0.2) is 35.1 Å². The lowest BCUT2D eigenvalue weighted by Gasteiger charge is -2.24. The van der Waals surface area contributed by atoms with Crippen LogP contribution < -0.4 is 10.9 Å². The Kier molecular flexibility index (Phi) is 3.41. The van der Waals surface area contributed by atoms with Gasteiger partial charge in [0.15, 0.2) is 5.69 Å². The van der Waals surface area contributed by atoms with Crippen molar-refractivity contribution < 1.29 is 4.79 Å². The lowest BCUT2D eigenvalue weighted by Crippen LogP contribution is -2.40. The van der Waals surface area contributed by atoms with E-state index in [1.807, 2.05) is 24.3 Å². The molecule has 2 N–H and O–H groups in total. The number of para-hydroxylation sites is 1. The van der Waals surface area contributed by atoms with Crippen molar-refractivity contribution in [3.05, 3.63) is 57.6 Å². The maximum Gasteiger partial charge on any atom is 0.272 e. The molecule has 0 aliphatic heterocycles. The second-order valence-electron chi connectivity index (χ2n) is 6.11. The molecule has 1 unspecified atom stereocenters. The molecule has 1 amide bonds. The molecule has 7 nitrogen and oxygen atoms in total. The minimum Gasteiger partial charge on any atom is -0.348 e. The number of H-pyrrole nitrogens is 1. The SMILES string of the molecule is Cn1nc2c(cc1=O)CC(NC(=O)c1n[nH]c3ccccc13)CC2. The average molecular weight is 323 g/mol. The van der Waals surface area contributed by atoms with Crippen molar-refractivity contribution >= 4 is 16.8 Å². The Hall–Kier alpha value is -2.96. The molecule has 4 rings (SSSR count). The first-order valence-electron chi connectivity index (χ1n) is 7.92. The Morgan fingerprint density at radius 1 is 1.38 bits per heavy atom. The first kappa shape index (κ1) is 14.6. The highest BCUT2D eigenvalue weighted by Crippen LogP contribution is 2.19. The fraction of sp³-hybridized carbons (Fsp3) is 0.294. The van der Waals surface area contributed by atoms with E-state index < -0.39 is 0 Å². The number of aromatic nitrogens is 4. The number of aryl methyl sites for hydroxylation is 2. The molecule has 0 radical (unpaired) electrons. The number of amides is 1. The number of aromatic amines is 1. The lowest BCUT2D eigenvalue weighted by atomic mass is 9.92. The van der Waals surface area contributed by atoms with Gasteiger partial charge >= 0.3 is 0 Å². The Balaban J connectivity index is 1.55. The fourth-order valence-electron chi connectivity index (χ4n) is 3.20. The molecule has 7 heteroatoms. The Morgan fingerprint density at radius 2 is 2.21 bits per heavy atom. The van der Waals surface area contributed by atoms with E-state index in [4.69, 9.17) is 0 Å². The quantitative estimate of drug-likeness (QED) is 0.734. The van der Waals surface area contributed by atoms with E-state index >= 15 is 0 Å². The molecule has 1 atom stereocenters. The summed E-state index contributed by atoms with van der Waals surface area (Å²) in [5.41, 5.74) is 2.97. The van der Waals surface area contributed by atoms with Gasteiger partial charge in [0.2, 0.25) is 0 Å². The van der Waals surface area contributed by atoms with Crippen LogP contribution in [0.5, 0.6) is 0 Å². The Bertz CT molecular complexity index is 988. The standard InChI is InChI=1S/C17H17N5O2/c1-22-15(23)9-10-8-11(6-7-13(10)21-22)18-17(24)16-12-4-2-3-5-14(12)19-20-16/h2-5,9,11H,6-8H2,1H3,(H,18,24)(H,19,20). The molecule has 0 bridgehead atoms. The van der Waals surface area contributed by atoms with Crippen LogP contribution in [0.4, 0.5) is 0 Å². The molecule has 122 valence electrons. The van der Waals surface area contributed by atoms with E-state index in [0.29, 0.717) is 12.1 Å². The van der Waals surface area contributed by atoms with E-state index in [0.717, 1.165) is 35.0 Å². The molecular formula is C17H17N5O2. The minimum absolute atomic E-state index is 0.0191. The van der Waals surface area contributed by atoms with Gasteiger partial charge in [0, 0.05) is 24.5 Å². The predicted octanol–water partition coefficient (Wildman–Crippen LogP) is 0.944. The zero-order valence-corrected chi connectivity index (χ0v) is 13.2. The summed E-state index contributed by atoms with van der Waals surface area (Å²) in [5.74, 6) is -0.197. The summed E-state index contributed by atoms with van der Waals surface area (Å²) in [7, 11) is 1.65. The molecule has 2 aromatic heterocycles. The zero-order valence-electron chi connectivity index (χ0n) is 13.2. The first-order chi connectivity index (χ1) is 11.6. The van der Waals surface area contributed by atoms with Crippen LogP contribution in [0.2, 0.25) is 0 Å². The van der Waals surface area contributed by atoms with Gasteiger partial charge in [-0.25, -0.2) is 4.68 Å². The summed E-state index contributed by atoms with van der Waals surface area (Å²) in [6.45, 7) is 0. The largest absolute Gasteiger partial charge is 0.348 e. The van der Waals surface area contributed by atoms with Crippen molar-refractivity contribution in [1.82, 2.24) is 25.3 Å². The van der Waals surface area contributed by atoms with Crippen molar-refractivity contribution in [1.29, 1.82) is 0 Å². The van der Waals surface area contributed by atoms with Crippen molar-refractivity contribution in [2.45, 2.75) is 25.3 Å². The van der Waals surface area contributed by atoms with Gasteiger partial charge in [-0.1, -0.05) is 18.2 Å². The molecule has 1 aliphatic carbocycles. The molecule has 1 aliphatic rings. The van der Waals surface area contributed by atoms with Gasteiger partial charge in [-0.15, -0.1) is 0 Å². The van der Waals surface area contributed by atoms with Crippen LogP contribution >= 0.6 is 0 Å². The number of benzene rings is 1. The number of fused-ring (bicyclic) bond motifs is 2. The number of carbonyl (C=O) groups excluding carboxylic acids is 1. The van der Waals surface area contributed by atoms with E-state index in [1.165, 1.54) is 4.68 Å². The fourth-order valence-corrected chi connectivity index (χ4v) is 3.20. The average Bonchev–Trinajstić information content (AvgIpc) is 3.00. The third-order valence-corrected chi connectivity index (χ3v) is 4.47. The summed E-state index contributed by atoms with van der Waals surface area (Å²) >= 11 is 0. The number of nitrogens with one attached hydrogen (secondary N) is 2. The minimum atomic E-state index is -0.197. The normalized spacial score (nSPS) is 16.8. The van der Waals surface area contributed by atoms with Crippen molar-refractivity contribution in [3.8, 4) is 0 Å². The van der Waals surface area contributed by atoms with Crippen LogP contribution in [-0.2, 0) is 19.9 Å². The number of carbonyl (C=O) groups is 1.